The third-order valence-corrected chi connectivity index (χ3v) is 4.05. The van der Waals surface area contributed by atoms with Crippen LogP contribution in [0.4, 0.5) is 4.39 Å². The molecule has 0 bridgehead atoms. The molecule has 1 fully saturated rings. The molecule has 1 saturated carbocycles. The molecular formula is C14H19FN2. The monoisotopic (exact) mass is 234 g/mol. The first-order valence-electron chi connectivity index (χ1n) is 6.56. The number of fused-ring (bicyclic) bond motifs is 1. The zero-order valence-electron chi connectivity index (χ0n) is 10.0. The average Bonchev–Trinajstić information content (AvgIpc) is 2.28. The average molecular weight is 234 g/mol. The van der Waals surface area contributed by atoms with Crippen molar-refractivity contribution in [1.82, 2.24) is 10.6 Å². The van der Waals surface area contributed by atoms with Crippen LogP contribution in [0.5, 0.6) is 0 Å². The molecule has 1 aromatic carbocycles. The Balaban J connectivity index is 1.72. The van der Waals surface area contributed by atoms with Gasteiger partial charge in [-0.2, -0.15) is 0 Å². The topological polar surface area (TPSA) is 24.1 Å². The van der Waals surface area contributed by atoms with Gasteiger partial charge in [-0.1, -0.05) is 18.6 Å². The highest BCUT2D eigenvalue weighted by Gasteiger charge is 2.24. The first-order chi connectivity index (χ1) is 8.34. The summed E-state index contributed by atoms with van der Waals surface area (Å²) in [6, 6.07) is 6.17. The molecule has 1 atom stereocenters. The van der Waals surface area contributed by atoms with E-state index in [-0.39, 0.29) is 5.82 Å². The highest BCUT2D eigenvalue weighted by molar-refractivity contribution is 5.34. The zero-order chi connectivity index (χ0) is 11.7. The van der Waals surface area contributed by atoms with Crippen molar-refractivity contribution in [3.63, 3.8) is 0 Å². The number of hydrogen-bond donors (Lipinski definition) is 2. The van der Waals surface area contributed by atoms with E-state index in [2.05, 4.69) is 16.7 Å². The third-order valence-electron chi connectivity index (χ3n) is 4.05. The SMILES string of the molecule is Fc1cccc2c1CNCC2CNC1CCC1. The van der Waals surface area contributed by atoms with Gasteiger partial charge in [0.25, 0.3) is 0 Å². The Labute approximate surface area is 102 Å². The lowest BCUT2D eigenvalue weighted by Crippen LogP contribution is -2.41. The number of nitrogens with one attached hydrogen (secondary N) is 2. The summed E-state index contributed by atoms with van der Waals surface area (Å²) in [5.41, 5.74) is 2.05. The van der Waals surface area contributed by atoms with Gasteiger partial charge in [0, 0.05) is 37.2 Å². The summed E-state index contributed by atoms with van der Waals surface area (Å²) in [5, 5.41) is 6.90. The Morgan fingerprint density at radius 1 is 1.35 bits per heavy atom. The maximum absolute atomic E-state index is 13.7. The lowest BCUT2D eigenvalue weighted by atomic mass is 9.88. The van der Waals surface area contributed by atoms with E-state index in [1.165, 1.54) is 24.8 Å². The molecule has 0 radical (unpaired) electrons. The molecule has 1 aliphatic carbocycles. The van der Waals surface area contributed by atoms with Crippen LogP contribution in [0.2, 0.25) is 0 Å². The van der Waals surface area contributed by atoms with Crippen molar-refractivity contribution in [3.8, 4) is 0 Å². The zero-order valence-corrected chi connectivity index (χ0v) is 10.0. The molecule has 0 saturated heterocycles. The van der Waals surface area contributed by atoms with Crippen LogP contribution in [-0.2, 0) is 6.54 Å². The van der Waals surface area contributed by atoms with Crippen molar-refractivity contribution in [3.05, 3.63) is 35.1 Å². The number of rotatable bonds is 3. The second-order valence-corrected chi connectivity index (χ2v) is 5.17. The standard InChI is InChI=1S/C14H19FN2/c15-14-6-2-5-12-10(7-16-9-13(12)14)8-17-11-3-1-4-11/h2,5-6,10-11,16-17H,1,3-4,7-9H2. The van der Waals surface area contributed by atoms with Gasteiger partial charge in [-0.3, -0.25) is 0 Å². The fourth-order valence-electron chi connectivity index (χ4n) is 2.73. The van der Waals surface area contributed by atoms with Gasteiger partial charge in [0.2, 0.25) is 0 Å². The highest BCUT2D eigenvalue weighted by atomic mass is 19.1. The fraction of sp³-hybridized carbons (Fsp3) is 0.571. The molecule has 1 aromatic rings. The molecule has 0 amide bonds. The minimum absolute atomic E-state index is 0.0663. The fourth-order valence-corrected chi connectivity index (χ4v) is 2.73. The van der Waals surface area contributed by atoms with Crippen LogP contribution in [0.15, 0.2) is 18.2 Å². The van der Waals surface area contributed by atoms with E-state index in [0.29, 0.717) is 18.5 Å². The minimum atomic E-state index is -0.0663. The highest BCUT2D eigenvalue weighted by Crippen LogP contribution is 2.26. The van der Waals surface area contributed by atoms with Gasteiger partial charge in [-0.05, 0) is 24.5 Å². The largest absolute Gasteiger partial charge is 0.313 e. The van der Waals surface area contributed by atoms with Crippen molar-refractivity contribution >= 4 is 0 Å². The van der Waals surface area contributed by atoms with Gasteiger partial charge in [0.15, 0.2) is 0 Å². The van der Waals surface area contributed by atoms with Gasteiger partial charge < -0.3 is 10.6 Å². The molecule has 1 aliphatic heterocycles. The Bertz CT molecular complexity index is 401. The van der Waals surface area contributed by atoms with E-state index >= 15 is 0 Å². The Hall–Kier alpha value is -0.930. The van der Waals surface area contributed by atoms with Crippen molar-refractivity contribution in [2.75, 3.05) is 13.1 Å². The minimum Gasteiger partial charge on any atom is -0.313 e. The van der Waals surface area contributed by atoms with E-state index in [1.807, 2.05) is 6.07 Å². The van der Waals surface area contributed by atoms with Crippen LogP contribution < -0.4 is 10.6 Å². The molecule has 17 heavy (non-hydrogen) atoms. The summed E-state index contributed by atoms with van der Waals surface area (Å²) in [6.07, 6.45) is 3.96. The first kappa shape index (κ1) is 11.2. The number of halogens is 1. The summed E-state index contributed by atoms with van der Waals surface area (Å²) < 4.78 is 13.7. The van der Waals surface area contributed by atoms with Crippen LogP contribution in [0, 0.1) is 5.82 Å². The van der Waals surface area contributed by atoms with E-state index in [1.54, 1.807) is 6.07 Å². The van der Waals surface area contributed by atoms with Crippen molar-refractivity contribution in [2.45, 2.75) is 37.8 Å². The van der Waals surface area contributed by atoms with E-state index in [0.717, 1.165) is 18.7 Å². The maximum Gasteiger partial charge on any atom is 0.127 e. The number of benzene rings is 1. The summed E-state index contributed by atoms with van der Waals surface area (Å²) >= 11 is 0. The van der Waals surface area contributed by atoms with Crippen LogP contribution in [-0.4, -0.2) is 19.1 Å². The quantitative estimate of drug-likeness (QED) is 0.837. The summed E-state index contributed by atoms with van der Waals surface area (Å²) in [7, 11) is 0. The van der Waals surface area contributed by atoms with Crippen molar-refractivity contribution < 1.29 is 4.39 Å². The summed E-state index contributed by atoms with van der Waals surface area (Å²) in [6.45, 7) is 2.59. The molecule has 92 valence electrons. The Morgan fingerprint density at radius 3 is 3.00 bits per heavy atom. The van der Waals surface area contributed by atoms with E-state index in [9.17, 15) is 4.39 Å². The molecule has 3 heteroatoms. The van der Waals surface area contributed by atoms with Crippen molar-refractivity contribution in [1.29, 1.82) is 0 Å². The molecule has 1 unspecified atom stereocenters. The molecule has 0 spiro atoms. The van der Waals surface area contributed by atoms with Gasteiger partial charge in [-0.15, -0.1) is 0 Å². The van der Waals surface area contributed by atoms with E-state index < -0.39 is 0 Å². The second kappa shape index (κ2) is 4.75. The lowest BCUT2D eigenvalue weighted by Gasteiger charge is -2.32. The number of hydrogen-bond acceptors (Lipinski definition) is 2. The third kappa shape index (κ3) is 2.22. The van der Waals surface area contributed by atoms with Crippen LogP contribution in [0.3, 0.4) is 0 Å². The van der Waals surface area contributed by atoms with E-state index in [4.69, 9.17) is 0 Å². The smallest absolute Gasteiger partial charge is 0.127 e. The van der Waals surface area contributed by atoms with Gasteiger partial charge in [-0.25, -0.2) is 4.39 Å². The Kier molecular flexibility index (Phi) is 3.12. The molecule has 2 aliphatic rings. The molecule has 1 heterocycles. The molecule has 0 aromatic heterocycles. The van der Waals surface area contributed by atoms with Crippen LogP contribution >= 0.6 is 0 Å². The Morgan fingerprint density at radius 2 is 2.24 bits per heavy atom. The predicted octanol–water partition coefficient (Wildman–Crippen LogP) is 2.15. The molecular weight excluding hydrogens is 215 g/mol. The summed E-state index contributed by atoms with van der Waals surface area (Å²) in [4.78, 5) is 0. The van der Waals surface area contributed by atoms with Crippen LogP contribution in [0.1, 0.15) is 36.3 Å². The predicted molar refractivity (Wildman–Crippen MR) is 66.5 cm³/mol. The molecule has 2 nitrogen and oxygen atoms in total. The summed E-state index contributed by atoms with van der Waals surface area (Å²) in [5.74, 6) is 0.346. The first-order valence-corrected chi connectivity index (χ1v) is 6.56. The lowest BCUT2D eigenvalue weighted by molar-refractivity contribution is 0.326. The van der Waals surface area contributed by atoms with Crippen molar-refractivity contribution in [2.24, 2.45) is 0 Å². The maximum atomic E-state index is 13.7. The molecule has 3 rings (SSSR count). The second-order valence-electron chi connectivity index (χ2n) is 5.17. The van der Waals surface area contributed by atoms with Gasteiger partial charge in [0.1, 0.15) is 5.82 Å². The normalized spacial score (nSPS) is 24.2. The van der Waals surface area contributed by atoms with Gasteiger partial charge in [0.05, 0.1) is 0 Å². The molecule has 2 N–H and O–H groups in total. The van der Waals surface area contributed by atoms with Crippen LogP contribution in [0.25, 0.3) is 0 Å². The van der Waals surface area contributed by atoms with Gasteiger partial charge >= 0.3 is 0 Å².